The minimum absolute atomic E-state index is 0.119. The number of ether oxygens (including phenoxy) is 1. The van der Waals surface area contributed by atoms with Crippen molar-refractivity contribution in [3.05, 3.63) is 88.6 Å². The molecule has 0 bridgehead atoms. The van der Waals surface area contributed by atoms with Gasteiger partial charge < -0.3 is 14.1 Å². The molecule has 1 aromatic heterocycles. The second-order valence-corrected chi connectivity index (χ2v) is 8.69. The molecule has 2 unspecified atom stereocenters. The second kappa shape index (κ2) is 10.2. The molecule has 0 spiro atoms. The van der Waals surface area contributed by atoms with Crippen LogP contribution in [-0.4, -0.2) is 34.1 Å². The Hall–Kier alpha value is -3.88. The van der Waals surface area contributed by atoms with Crippen LogP contribution in [0.4, 0.5) is 8.78 Å². The molecule has 0 radical (unpaired) electrons. The SMILES string of the molecule is Cc1coc(C2CCCN2C(=O)c2cc(F)c(F)c(C(=N)OC(=N)C(C)Cc3ccccc3)c2)n1. The molecule has 2 atom stereocenters. The Balaban J connectivity index is 1.52. The van der Waals surface area contributed by atoms with E-state index in [0.29, 0.717) is 37.4 Å². The van der Waals surface area contributed by atoms with Crippen molar-refractivity contribution >= 4 is 17.7 Å². The summed E-state index contributed by atoms with van der Waals surface area (Å²) in [7, 11) is 0. The number of likely N-dealkylation sites (tertiary alicyclic amines) is 1. The molecule has 1 aliphatic heterocycles. The Bertz CT molecular complexity index is 1260. The Morgan fingerprint density at radius 1 is 1.26 bits per heavy atom. The minimum Gasteiger partial charge on any atom is -0.446 e. The van der Waals surface area contributed by atoms with Crippen LogP contribution in [0.15, 0.2) is 53.1 Å². The zero-order valence-corrected chi connectivity index (χ0v) is 19.5. The Morgan fingerprint density at radius 3 is 2.69 bits per heavy atom. The molecule has 35 heavy (non-hydrogen) atoms. The summed E-state index contributed by atoms with van der Waals surface area (Å²) in [5.41, 5.74) is 1.02. The molecule has 9 heteroatoms. The van der Waals surface area contributed by atoms with Gasteiger partial charge in [-0.2, -0.15) is 0 Å². The van der Waals surface area contributed by atoms with Crippen LogP contribution in [0.5, 0.6) is 0 Å². The van der Waals surface area contributed by atoms with E-state index in [-0.39, 0.29) is 11.5 Å². The molecule has 182 valence electrons. The lowest BCUT2D eigenvalue weighted by molar-refractivity contribution is 0.0715. The van der Waals surface area contributed by atoms with Gasteiger partial charge in [0.1, 0.15) is 12.3 Å². The number of nitrogens with zero attached hydrogens (tertiary/aromatic N) is 2. The van der Waals surface area contributed by atoms with Gasteiger partial charge in [0.25, 0.3) is 5.91 Å². The van der Waals surface area contributed by atoms with E-state index in [1.54, 1.807) is 13.8 Å². The number of carbonyl (C=O) groups excluding carboxylic acids is 1. The van der Waals surface area contributed by atoms with E-state index in [4.69, 9.17) is 20.0 Å². The summed E-state index contributed by atoms with van der Waals surface area (Å²) in [4.78, 5) is 19.0. The predicted octanol–water partition coefficient (Wildman–Crippen LogP) is 5.44. The van der Waals surface area contributed by atoms with Crippen molar-refractivity contribution in [3.8, 4) is 0 Å². The molecule has 1 saturated heterocycles. The molecule has 1 aliphatic rings. The average molecular weight is 481 g/mol. The van der Waals surface area contributed by atoms with Crippen LogP contribution in [0.3, 0.4) is 0 Å². The van der Waals surface area contributed by atoms with Crippen molar-refractivity contribution in [1.82, 2.24) is 9.88 Å². The highest BCUT2D eigenvalue weighted by atomic mass is 19.2. The van der Waals surface area contributed by atoms with E-state index in [0.717, 1.165) is 17.7 Å². The molecule has 1 amide bonds. The van der Waals surface area contributed by atoms with Gasteiger partial charge in [-0.3, -0.25) is 15.6 Å². The van der Waals surface area contributed by atoms with Gasteiger partial charge >= 0.3 is 0 Å². The van der Waals surface area contributed by atoms with E-state index in [9.17, 15) is 13.6 Å². The van der Waals surface area contributed by atoms with Crippen LogP contribution in [-0.2, 0) is 11.2 Å². The highest BCUT2D eigenvalue weighted by Gasteiger charge is 2.34. The van der Waals surface area contributed by atoms with Gasteiger partial charge in [0.2, 0.25) is 11.8 Å². The molecule has 0 saturated carbocycles. The third-order valence-corrected chi connectivity index (χ3v) is 6.00. The van der Waals surface area contributed by atoms with E-state index in [1.165, 1.54) is 11.2 Å². The van der Waals surface area contributed by atoms with Crippen molar-refractivity contribution in [2.45, 2.75) is 39.2 Å². The normalized spacial score (nSPS) is 16.2. The standard InChI is InChI=1S/C26H26F2N4O3/c1-15(11-17-7-4-3-5-8-17)23(29)35-24(30)19-12-18(13-20(27)22(19)28)26(33)32-10-6-9-21(32)25-31-16(2)14-34-25/h3-5,7-8,12-15,21,29-30H,6,9-11H2,1-2H3. The van der Waals surface area contributed by atoms with Crippen molar-refractivity contribution in [3.63, 3.8) is 0 Å². The Labute approximate surface area is 201 Å². The molecule has 2 N–H and O–H groups in total. The van der Waals surface area contributed by atoms with Gasteiger partial charge in [0.05, 0.1) is 11.3 Å². The smallest absolute Gasteiger partial charge is 0.254 e. The lowest BCUT2D eigenvalue weighted by Gasteiger charge is -2.23. The Morgan fingerprint density at radius 2 is 2.00 bits per heavy atom. The molecule has 3 aromatic rings. The summed E-state index contributed by atoms with van der Waals surface area (Å²) in [6.07, 6.45) is 3.33. The van der Waals surface area contributed by atoms with Gasteiger partial charge in [0.15, 0.2) is 17.5 Å². The number of oxazole rings is 1. The number of halogens is 2. The third-order valence-electron chi connectivity index (χ3n) is 6.00. The number of aryl methyl sites for hydroxylation is 1. The van der Waals surface area contributed by atoms with Crippen LogP contribution in [0, 0.1) is 35.3 Å². The van der Waals surface area contributed by atoms with Crippen LogP contribution in [0.25, 0.3) is 0 Å². The molecule has 7 nitrogen and oxygen atoms in total. The van der Waals surface area contributed by atoms with E-state index in [1.807, 2.05) is 30.3 Å². The summed E-state index contributed by atoms with van der Waals surface area (Å²) >= 11 is 0. The van der Waals surface area contributed by atoms with Crippen LogP contribution >= 0.6 is 0 Å². The summed E-state index contributed by atoms with van der Waals surface area (Å²) in [5, 5.41) is 16.3. The molecule has 2 heterocycles. The summed E-state index contributed by atoms with van der Waals surface area (Å²) in [6.45, 7) is 3.94. The predicted molar refractivity (Wildman–Crippen MR) is 126 cm³/mol. The number of nitrogens with one attached hydrogen (secondary N) is 2. The van der Waals surface area contributed by atoms with E-state index >= 15 is 0 Å². The molecule has 4 rings (SSSR count). The maximum Gasteiger partial charge on any atom is 0.254 e. The van der Waals surface area contributed by atoms with Crippen LogP contribution in [0.2, 0.25) is 0 Å². The second-order valence-electron chi connectivity index (χ2n) is 8.69. The fourth-order valence-corrected chi connectivity index (χ4v) is 4.16. The first-order valence-corrected chi connectivity index (χ1v) is 11.4. The molecule has 2 aromatic carbocycles. The number of amides is 1. The maximum atomic E-state index is 14.6. The number of hydrogen-bond acceptors (Lipinski definition) is 6. The summed E-state index contributed by atoms with van der Waals surface area (Å²) < 4.78 is 39.8. The maximum absolute atomic E-state index is 14.6. The lowest BCUT2D eigenvalue weighted by atomic mass is 10.0. The quantitative estimate of drug-likeness (QED) is 0.362. The van der Waals surface area contributed by atoms with Crippen LogP contribution in [0.1, 0.15) is 58.9 Å². The van der Waals surface area contributed by atoms with Gasteiger partial charge in [-0.15, -0.1) is 0 Å². The van der Waals surface area contributed by atoms with Gasteiger partial charge in [-0.1, -0.05) is 37.3 Å². The first-order chi connectivity index (χ1) is 16.7. The number of benzene rings is 2. The molecule has 0 aliphatic carbocycles. The first-order valence-electron chi connectivity index (χ1n) is 11.4. The zero-order valence-electron chi connectivity index (χ0n) is 19.5. The van der Waals surface area contributed by atoms with Crippen molar-refractivity contribution in [1.29, 1.82) is 10.8 Å². The minimum atomic E-state index is -1.31. The number of aromatic nitrogens is 1. The highest BCUT2D eigenvalue weighted by Crippen LogP contribution is 2.33. The van der Waals surface area contributed by atoms with Crippen molar-refractivity contribution in [2.24, 2.45) is 5.92 Å². The largest absolute Gasteiger partial charge is 0.446 e. The lowest BCUT2D eigenvalue weighted by Crippen LogP contribution is -2.31. The number of carbonyl (C=O) groups is 1. The van der Waals surface area contributed by atoms with Gasteiger partial charge in [-0.25, -0.2) is 13.8 Å². The summed E-state index contributed by atoms with van der Waals surface area (Å²) in [5.74, 6) is -4.10. The monoisotopic (exact) mass is 480 g/mol. The fourth-order valence-electron chi connectivity index (χ4n) is 4.16. The average Bonchev–Trinajstić information content (AvgIpc) is 3.49. The van der Waals surface area contributed by atoms with E-state index < -0.39 is 41.0 Å². The number of hydrogen-bond donors (Lipinski definition) is 2. The third kappa shape index (κ3) is 5.29. The zero-order chi connectivity index (χ0) is 25.1. The number of rotatable bonds is 6. The Kier molecular flexibility index (Phi) is 7.04. The van der Waals surface area contributed by atoms with Crippen LogP contribution < -0.4 is 0 Å². The highest BCUT2D eigenvalue weighted by molar-refractivity contribution is 6.02. The van der Waals surface area contributed by atoms with Gasteiger partial charge in [0, 0.05) is 18.0 Å². The van der Waals surface area contributed by atoms with Gasteiger partial charge in [-0.05, 0) is 43.9 Å². The van der Waals surface area contributed by atoms with Crippen molar-refractivity contribution in [2.75, 3.05) is 6.54 Å². The topological polar surface area (TPSA) is 103 Å². The van der Waals surface area contributed by atoms with Crippen molar-refractivity contribution < 1.29 is 22.7 Å². The molecular formula is C26H26F2N4O3. The first kappa shape index (κ1) is 24.3. The molecule has 1 fully saturated rings. The van der Waals surface area contributed by atoms with E-state index in [2.05, 4.69) is 4.98 Å². The molecular weight excluding hydrogens is 454 g/mol. The summed E-state index contributed by atoms with van der Waals surface area (Å²) in [6, 6.07) is 11.0. The fraction of sp³-hybridized carbons (Fsp3) is 0.308.